The van der Waals surface area contributed by atoms with Crippen molar-refractivity contribution in [3.8, 4) is 0 Å². The molecule has 0 heterocycles. The van der Waals surface area contributed by atoms with Gasteiger partial charge in [0.2, 0.25) is 0 Å². The van der Waals surface area contributed by atoms with Crippen LogP contribution in [0.5, 0.6) is 0 Å². The number of carbonyl (C=O) groups is 1. The van der Waals surface area contributed by atoms with E-state index >= 15 is 0 Å². The molecule has 0 unspecified atom stereocenters. The number of hydrogen-bond acceptors (Lipinski definition) is 2. The van der Waals surface area contributed by atoms with Crippen molar-refractivity contribution in [2.24, 2.45) is 0 Å². The van der Waals surface area contributed by atoms with Crippen LogP contribution >= 0.6 is 0 Å². The summed E-state index contributed by atoms with van der Waals surface area (Å²) in [5.74, 6) is 0.0233. The molecule has 0 fully saturated rings. The van der Waals surface area contributed by atoms with Gasteiger partial charge in [0.25, 0.3) is 0 Å². The Kier molecular flexibility index (Phi) is 27.0. The van der Waals surface area contributed by atoms with Gasteiger partial charge in [0, 0.05) is 6.42 Å². The molecule has 0 spiro atoms. The summed E-state index contributed by atoms with van der Waals surface area (Å²) in [6, 6.07) is 0. The number of rotatable bonds is 26. The first-order chi connectivity index (χ1) is 15.3. The quantitative estimate of drug-likeness (QED) is 0.0991. The van der Waals surface area contributed by atoms with E-state index in [2.05, 4.69) is 13.8 Å². The minimum absolute atomic E-state index is 0.0233. The van der Waals surface area contributed by atoms with Crippen molar-refractivity contribution in [3.63, 3.8) is 0 Å². The van der Waals surface area contributed by atoms with Crippen LogP contribution in [-0.4, -0.2) is 12.6 Å². The average molecular weight is 439 g/mol. The van der Waals surface area contributed by atoms with Gasteiger partial charge in [0.15, 0.2) is 0 Å². The zero-order chi connectivity index (χ0) is 22.7. The minimum atomic E-state index is 0.0233. The lowest BCUT2D eigenvalue weighted by Gasteiger charge is -2.06. The van der Waals surface area contributed by atoms with Crippen molar-refractivity contribution in [1.82, 2.24) is 0 Å². The molecule has 0 N–H and O–H groups in total. The molecule has 0 saturated carbocycles. The van der Waals surface area contributed by atoms with Gasteiger partial charge in [-0.3, -0.25) is 4.79 Å². The Morgan fingerprint density at radius 2 is 0.710 bits per heavy atom. The molecule has 0 aromatic carbocycles. The van der Waals surface area contributed by atoms with E-state index < -0.39 is 0 Å². The van der Waals surface area contributed by atoms with E-state index in [1.807, 2.05) is 0 Å². The molecule has 0 amide bonds. The number of unbranched alkanes of at least 4 members (excludes halogenated alkanes) is 22. The second kappa shape index (κ2) is 27.5. The molecule has 0 rings (SSSR count). The van der Waals surface area contributed by atoms with E-state index in [9.17, 15) is 4.79 Å². The molecule has 0 aromatic heterocycles. The Bertz CT molecular complexity index is 340. The van der Waals surface area contributed by atoms with Crippen molar-refractivity contribution >= 4 is 5.97 Å². The summed E-state index contributed by atoms with van der Waals surface area (Å²) in [6.07, 6.45) is 32.8. The molecular weight excluding hydrogens is 380 g/mol. The first-order valence-electron chi connectivity index (χ1n) is 14.5. The molecule has 31 heavy (non-hydrogen) atoms. The smallest absolute Gasteiger partial charge is 0.305 e. The van der Waals surface area contributed by atoms with Gasteiger partial charge in [-0.05, 0) is 12.8 Å². The van der Waals surface area contributed by atoms with Gasteiger partial charge in [-0.1, -0.05) is 155 Å². The van der Waals surface area contributed by atoms with Crippen LogP contribution in [-0.2, 0) is 9.53 Å². The minimum Gasteiger partial charge on any atom is -0.466 e. The predicted molar refractivity (Wildman–Crippen MR) is 138 cm³/mol. The topological polar surface area (TPSA) is 26.3 Å². The molecule has 0 bridgehead atoms. The lowest BCUT2D eigenvalue weighted by Crippen LogP contribution is -2.05. The van der Waals surface area contributed by atoms with Crippen LogP contribution in [0.3, 0.4) is 0 Å². The van der Waals surface area contributed by atoms with Crippen LogP contribution in [0.15, 0.2) is 0 Å². The van der Waals surface area contributed by atoms with Gasteiger partial charge in [-0.25, -0.2) is 0 Å². The van der Waals surface area contributed by atoms with Gasteiger partial charge in [0.1, 0.15) is 0 Å². The molecule has 2 nitrogen and oxygen atoms in total. The fraction of sp³-hybridized carbons (Fsp3) is 0.966. The van der Waals surface area contributed by atoms with E-state index in [1.54, 1.807) is 0 Å². The van der Waals surface area contributed by atoms with Crippen LogP contribution in [0.1, 0.15) is 174 Å². The molecule has 0 radical (unpaired) electrons. The van der Waals surface area contributed by atoms with Gasteiger partial charge in [0.05, 0.1) is 6.61 Å². The molecular formula is C29H58O2. The number of ether oxygens (including phenoxy) is 1. The standard InChI is InChI=1S/C29H58O2/c1-3-5-7-9-11-13-15-17-19-21-23-25-27-29(30)31-28-26-24-22-20-18-16-14-12-10-8-6-4-2/h3-28H2,1-2H3. The summed E-state index contributed by atoms with van der Waals surface area (Å²) in [5, 5.41) is 0. The van der Waals surface area contributed by atoms with Gasteiger partial charge in [-0.2, -0.15) is 0 Å². The molecule has 0 aliphatic heterocycles. The summed E-state index contributed by atoms with van der Waals surface area (Å²) in [4.78, 5) is 11.8. The highest BCUT2D eigenvalue weighted by atomic mass is 16.5. The lowest BCUT2D eigenvalue weighted by atomic mass is 10.0. The van der Waals surface area contributed by atoms with Crippen LogP contribution in [0.2, 0.25) is 0 Å². The molecule has 186 valence electrons. The molecule has 2 heteroatoms. The van der Waals surface area contributed by atoms with Crippen molar-refractivity contribution < 1.29 is 9.53 Å². The van der Waals surface area contributed by atoms with Gasteiger partial charge >= 0.3 is 5.97 Å². The maximum Gasteiger partial charge on any atom is 0.305 e. The van der Waals surface area contributed by atoms with E-state index in [0.717, 1.165) is 12.8 Å². The van der Waals surface area contributed by atoms with Crippen molar-refractivity contribution in [1.29, 1.82) is 0 Å². The van der Waals surface area contributed by atoms with Gasteiger partial charge < -0.3 is 4.74 Å². The second-order valence-corrected chi connectivity index (χ2v) is 9.75. The predicted octanol–water partition coefficient (Wildman–Crippen LogP) is 10.3. The summed E-state index contributed by atoms with van der Waals surface area (Å²) in [5.41, 5.74) is 0. The van der Waals surface area contributed by atoms with Crippen molar-refractivity contribution in [3.05, 3.63) is 0 Å². The van der Waals surface area contributed by atoms with Crippen molar-refractivity contribution in [2.75, 3.05) is 6.61 Å². The maximum absolute atomic E-state index is 11.8. The van der Waals surface area contributed by atoms with E-state index in [1.165, 1.54) is 141 Å². The fourth-order valence-electron chi connectivity index (χ4n) is 4.31. The highest BCUT2D eigenvalue weighted by Crippen LogP contribution is 2.14. The third-order valence-corrected chi connectivity index (χ3v) is 6.50. The summed E-state index contributed by atoms with van der Waals surface area (Å²) >= 11 is 0. The van der Waals surface area contributed by atoms with Gasteiger partial charge in [-0.15, -0.1) is 0 Å². The molecule has 0 saturated heterocycles. The highest BCUT2D eigenvalue weighted by molar-refractivity contribution is 5.69. The third kappa shape index (κ3) is 27.4. The van der Waals surface area contributed by atoms with Crippen LogP contribution in [0.4, 0.5) is 0 Å². The van der Waals surface area contributed by atoms with Crippen LogP contribution in [0.25, 0.3) is 0 Å². The van der Waals surface area contributed by atoms with Crippen LogP contribution < -0.4 is 0 Å². The van der Waals surface area contributed by atoms with E-state index in [4.69, 9.17) is 4.74 Å². The fourth-order valence-corrected chi connectivity index (χ4v) is 4.31. The number of hydrogen-bond donors (Lipinski definition) is 0. The second-order valence-electron chi connectivity index (χ2n) is 9.75. The highest BCUT2D eigenvalue weighted by Gasteiger charge is 2.02. The maximum atomic E-state index is 11.8. The average Bonchev–Trinajstić information content (AvgIpc) is 2.77. The number of esters is 1. The Balaban J connectivity index is 3.14. The molecule has 0 aliphatic rings. The summed E-state index contributed by atoms with van der Waals surface area (Å²) in [7, 11) is 0. The Morgan fingerprint density at radius 1 is 0.419 bits per heavy atom. The van der Waals surface area contributed by atoms with E-state index in [0.29, 0.717) is 13.0 Å². The zero-order valence-electron chi connectivity index (χ0n) is 21.7. The normalized spacial score (nSPS) is 11.2. The SMILES string of the molecule is CCCCCCCCCCCCCCOC(=O)CCCCCCCCCCCCCC. The van der Waals surface area contributed by atoms with Crippen LogP contribution in [0, 0.1) is 0 Å². The monoisotopic (exact) mass is 438 g/mol. The number of carbonyl (C=O) groups excluding carboxylic acids is 1. The largest absolute Gasteiger partial charge is 0.466 e. The Morgan fingerprint density at radius 3 is 1.06 bits per heavy atom. The van der Waals surface area contributed by atoms with Crippen molar-refractivity contribution in [2.45, 2.75) is 174 Å². The van der Waals surface area contributed by atoms with E-state index in [-0.39, 0.29) is 5.97 Å². The first-order valence-corrected chi connectivity index (χ1v) is 14.5. The molecule has 0 aliphatic carbocycles. The Labute approximate surface area is 196 Å². The summed E-state index contributed by atoms with van der Waals surface area (Å²) < 4.78 is 5.39. The molecule has 0 aromatic rings. The Hall–Kier alpha value is -0.530. The first kappa shape index (κ1) is 30.5. The lowest BCUT2D eigenvalue weighted by molar-refractivity contribution is -0.143. The zero-order valence-corrected chi connectivity index (χ0v) is 21.7. The molecule has 0 atom stereocenters. The third-order valence-electron chi connectivity index (χ3n) is 6.50. The summed E-state index contributed by atoms with van der Waals surface area (Å²) in [6.45, 7) is 5.19.